The molecule has 1 fully saturated rings. The second-order valence-corrected chi connectivity index (χ2v) is 6.63. The van der Waals surface area contributed by atoms with Crippen LogP contribution in [0.15, 0.2) is 22.6 Å². The molecule has 122 valence electrons. The van der Waals surface area contributed by atoms with Gasteiger partial charge < -0.3 is 14.1 Å². The summed E-state index contributed by atoms with van der Waals surface area (Å²) >= 11 is 0. The van der Waals surface area contributed by atoms with Crippen LogP contribution in [0.4, 0.5) is 6.01 Å². The van der Waals surface area contributed by atoms with Gasteiger partial charge >= 0.3 is 6.01 Å². The summed E-state index contributed by atoms with van der Waals surface area (Å²) in [7, 11) is 0. The minimum Gasteiger partial charge on any atom is -0.493 e. The minimum absolute atomic E-state index is 0.600. The summed E-state index contributed by atoms with van der Waals surface area (Å²) in [6.07, 6.45) is 5.92. The second kappa shape index (κ2) is 6.22. The number of nitrogens with zero attached hydrogens (tertiary/aromatic N) is 3. The summed E-state index contributed by atoms with van der Waals surface area (Å²) in [5.74, 6) is 2.26. The van der Waals surface area contributed by atoms with Gasteiger partial charge in [-0.25, -0.2) is 0 Å². The van der Waals surface area contributed by atoms with Gasteiger partial charge in [0.2, 0.25) is 5.89 Å². The van der Waals surface area contributed by atoms with Crippen molar-refractivity contribution in [3.8, 4) is 5.75 Å². The van der Waals surface area contributed by atoms with Crippen LogP contribution in [0.1, 0.15) is 36.3 Å². The Kier molecular flexibility index (Phi) is 3.93. The van der Waals surface area contributed by atoms with E-state index >= 15 is 0 Å². The highest BCUT2D eigenvalue weighted by Crippen LogP contribution is 2.27. The molecule has 2 aliphatic rings. The molecule has 1 saturated heterocycles. The molecular weight excluding hydrogens is 290 g/mol. The number of piperidine rings is 1. The predicted molar refractivity (Wildman–Crippen MR) is 87.9 cm³/mol. The Morgan fingerprint density at radius 2 is 2.00 bits per heavy atom. The quantitative estimate of drug-likeness (QED) is 0.868. The van der Waals surface area contributed by atoms with Crippen molar-refractivity contribution in [3.63, 3.8) is 0 Å². The van der Waals surface area contributed by atoms with E-state index < -0.39 is 0 Å². The molecular formula is C18H23N3O2. The van der Waals surface area contributed by atoms with E-state index in [-0.39, 0.29) is 0 Å². The molecule has 0 atom stereocenters. The number of hydrogen-bond donors (Lipinski definition) is 0. The van der Waals surface area contributed by atoms with E-state index in [1.165, 1.54) is 30.4 Å². The van der Waals surface area contributed by atoms with Crippen LogP contribution in [0.25, 0.3) is 0 Å². The van der Waals surface area contributed by atoms with Gasteiger partial charge in [-0.2, -0.15) is 0 Å². The maximum atomic E-state index is 6.05. The van der Waals surface area contributed by atoms with Crippen LogP contribution in [0.5, 0.6) is 5.75 Å². The van der Waals surface area contributed by atoms with Gasteiger partial charge in [0.15, 0.2) is 0 Å². The van der Waals surface area contributed by atoms with Gasteiger partial charge in [-0.05, 0) is 61.3 Å². The second-order valence-electron chi connectivity index (χ2n) is 6.63. The predicted octanol–water partition coefficient (Wildman–Crippen LogP) is 3.16. The molecule has 0 N–H and O–H groups in total. The lowest BCUT2D eigenvalue weighted by Gasteiger charge is -2.30. The van der Waals surface area contributed by atoms with Crippen molar-refractivity contribution in [2.45, 2.75) is 39.0 Å². The van der Waals surface area contributed by atoms with Crippen molar-refractivity contribution in [1.29, 1.82) is 0 Å². The molecule has 5 heteroatoms. The average Bonchev–Trinajstić information content (AvgIpc) is 3.21. The van der Waals surface area contributed by atoms with Gasteiger partial charge in [-0.15, -0.1) is 5.10 Å². The molecule has 5 nitrogen and oxygen atoms in total. The molecule has 0 bridgehead atoms. The number of anilines is 1. The lowest BCUT2D eigenvalue weighted by molar-refractivity contribution is 0.220. The van der Waals surface area contributed by atoms with E-state index in [9.17, 15) is 0 Å². The highest BCUT2D eigenvalue weighted by molar-refractivity contribution is 5.38. The molecule has 1 aromatic heterocycles. The van der Waals surface area contributed by atoms with Crippen LogP contribution < -0.4 is 9.64 Å². The van der Waals surface area contributed by atoms with E-state index in [0.717, 1.165) is 38.3 Å². The molecule has 1 aliphatic carbocycles. The van der Waals surface area contributed by atoms with Gasteiger partial charge in [-0.3, -0.25) is 0 Å². The third kappa shape index (κ3) is 3.19. The molecule has 1 aliphatic heterocycles. The highest BCUT2D eigenvalue weighted by Gasteiger charge is 2.23. The van der Waals surface area contributed by atoms with E-state index in [1.807, 2.05) is 6.92 Å². The fraction of sp³-hybridized carbons (Fsp3) is 0.556. The van der Waals surface area contributed by atoms with E-state index in [2.05, 4.69) is 33.3 Å². The molecule has 0 unspecified atom stereocenters. The Morgan fingerprint density at radius 3 is 2.78 bits per heavy atom. The minimum atomic E-state index is 0.600. The molecule has 4 rings (SSSR count). The largest absolute Gasteiger partial charge is 0.493 e. The zero-order chi connectivity index (χ0) is 15.6. The topological polar surface area (TPSA) is 51.4 Å². The van der Waals surface area contributed by atoms with E-state index in [1.54, 1.807) is 0 Å². The molecule has 2 aromatic rings. The molecule has 0 radical (unpaired) electrons. The summed E-state index contributed by atoms with van der Waals surface area (Å²) in [5, 5.41) is 8.00. The van der Waals surface area contributed by atoms with Crippen LogP contribution in [-0.4, -0.2) is 29.9 Å². The Labute approximate surface area is 136 Å². The van der Waals surface area contributed by atoms with Crippen LogP contribution in [0, 0.1) is 12.8 Å². The van der Waals surface area contributed by atoms with Crippen LogP contribution in [0.2, 0.25) is 0 Å². The first-order chi connectivity index (χ1) is 11.3. The van der Waals surface area contributed by atoms with Crippen molar-refractivity contribution in [2.75, 3.05) is 24.6 Å². The third-order valence-electron chi connectivity index (χ3n) is 4.96. The van der Waals surface area contributed by atoms with Gasteiger partial charge in [0, 0.05) is 20.0 Å². The maximum absolute atomic E-state index is 6.05. The molecule has 0 amide bonds. The van der Waals surface area contributed by atoms with Crippen molar-refractivity contribution in [3.05, 3.63) is 35.2 Å². The summed E-state index contributed by atoms with van der Waals surface area (Å²) in [4.78, 5) is 2.17. The zero-order valence-electron chi connectivity index (χ0n) is 13.6. The summed E-state index contributed by atoms with van der Waals surface area (Å²) in [5.41, 5.74) is 2.98. The van der Waals surface area contributed by atoms with Gasteiger partial charge in [-0.1, -0.05) is 11.2 Å². The summed E-state index contributed by atoms with van der Waals surface area (Å²) in [6.45, 7) is 4.54. The smallest absolute Gasteiger partial charge is 0.318 e. The molecule has 0 spiro atoms. The Morgan fingerprint density at radius 1 is 1.17 bits per heavy atom. The van der Waals surface area contributed by atoms with Crippen molar-refractivity contribution in [1.82, 2.24) is 10.2 Å². The van der Waals surface area contributed by atoms with Crippen LogP contribution in [0.3, 0.4) is 0 Å². The Hall–Kier alpha value is -2.04. The molecule has 23 heavy (non-hydrogen) atoms. The van der Waals surface area contributed by atoms with Crippen molar-refractivity contribution < 1.29 is 9.15 Å². The van der Waals surface area contributed by atoms with Crippen molar-refractivity contribution >= 4 is 6.01 Å². The first kappa shape index (κ1) is 14.5. The SMILES string of the molecule is Cc1nnc(N2CCC(COc3ccc4c(c3)CCC4)CC2)o1. The molecule has 1 aromatic carbocycles. The van der Waals surface area contributed by atoms with Gasteiger partial charge in [0.25, 0.3) is 0 Å². The number of aromatic nitrogens is 2. The standard InChI is InChI=1S/C18H23N3O2/c1-13-19-20-18(23-13)21-9-7-14(8-10-21)12-22-17-6-5-15-3-2-4-16(15)11-17/h5-6,11,14H,2-4,7-10,12H2,1H3. The number of hydrogen-bond acceptors (Lipinski definition) is 5. The van der Waals surface area contributed by atoms with E-state index in [4.69, 9.17) is 9.15 Å². The number of benzene rings is 1. The molecule has 2 heterocycles. The average molecular weight is 313 g/mol. The highest BCUT2D eigenvalue weighted by atomic mass is 16.5. The fourth-order valence-corrected chi connectivity index (χ4v) is 3.56. The number of fused-ring (bicyclic) bond motifs is 1. The lowest BCUT2D eigenvalue weighted by Crippen LogP contribution is -2.35. The summed E-state index contributed by atoms with van der Waals surface area (Å²) in [6, 6.07) is 7.25. The van der Waals surface area contributed by atoms with Gasteiger partial charge in [0.05, 0.1) is 6.61 Å². The monoisotopic (exact) mass is 313 g/mol. The molecule has 0 saturated carbocycles. The Bertz CT molecular complexity index is 675. The first-order valence-electron chi connectivity index (χ1n) is 8.57. The van der Waals surface area contributed by atoms with Crippen LogP contribution >= 0.6 is 0 Å². The normalized spacial score (nSPS) is 18.2. The zero-order valence-corrected chi connectivity index (χ0v) is 13.6. The van der Waals surface area contributed by atoms with Crippen molar-refractivity contribution in [2.24, 2.45) is 5.92 Å². The number of ether oxygens (including phenoxy) is 1. The van der Waals surface area contributed by atoms with Gasteiger partial charge in [0.1, 0.15) is 5.75 Å². The van der Waals surface area contributed by atoms with Crippen LogP contribution in [-0.2, 0) is 12.8 Å². The van der Waals surface area contributed by atoms with E-state index in [0.29, 0.717) is 17.8 Å². The lowest BCUT2D eigenvalue weighted by atomic mass is 9.98. The third-order valence-corrected chi connectivity index (χ3v) is 4.96. The number of aryl methyl sites for hydroxylation is 3. The summed E-state index contributed by atoms with van der Waals surface area (Å²) < 4.78 is 11.5. The Balaban J connectivity index is 1.28. The fourth-order valence-electron chi connectivity index (χ4n) is 3.56. The number of rotatable bonds is 4. The first-order valence-corrected chi connectivity index (χ1v) is 8.57. The maximum Gasteiger partial charge on any atom is 0.318 e.